The highest BCUT2D eigenvalue weighted by Crippen LogP contribution is 2.46. The number of hydrogen-bond acceptors (Lipinski definition) is 3. The smallest absolute Gasteiger partial charge is 0.307 e. The Kier molecular flexibility index (Phi) is 8.74. The second kappa shape index (κ2) is 9.14. The summed E-state index contributed by atoms with van der Waals surface area (Å²) in [6, 6.07) is 0. The van der Waals surface area contributed by atoms with E-state index in [9.17, 15) is 19.0 Å². The number of carbonyl (C=O) groups is 2. The van der Waals surface area contributed by atoms with Crippen LogP contribution in [-0.2, 0) is 14.2 Å². The molecule has 3 atom stereocenters. The highest BCUT2D eigenvalue weighted by atomic mass is 31.2. The van der Waals surface area contributed by atoms with Gasteiger partial charge in [-0.2, -0.15) is 0 Å². The fraction of sp³-hybridized carbons (Fsp3) is 0.846. The predicted octanol–water partition coefficient (Wildman–Crippen LogP) is 2.79. The molecule has 0 fully saturated rings. The third-order valence-electron chi connectivity index (χ3n) is 3.56. The van der Waals surface area contributed by atoms with Crippen molar-refractivity contribution in [2.45, 2.75) is 57.5 Å². The molecule has 3 unspecified atom stereocenters. The van der Waals surface area contributed by atoms with Crippen molar-refractivity contribution >= 4 is 19.3 Å². The molecule has 0 amide bonds. The largest absolute Gasteiger partial charge is 0.481 e. The molecule has 7 heteroatoms. The molecule has 0 aromatic carbocycles. The first-order chi connectivity index (χ1) is 9.16. The molecule has 0 aromatic heterocycles. The summed E-state index contributed by atoms with van der Waals surface area (Å²) in [5, 5.41) is 17.6. The molecule has 0 saturated carbocycles. The van der Waals surface area contributed by atoms with Gasteiger partial charge in [0.25, 0.3) is 0 Å². The summed E-state index contributed by atoms with van der Waals surface area (Å²) < 4.78 is 11.5. The summed E-state index contributed by atoms with van der Waals surface area (Å²) in [7, 11) is -3.39. The van der Waals surface area contributed by atoms with Crippen LogP contribution in [0.4, 0.5) is 0 Å². The van der Waals surface area contributed by atoms with E-state index in [1.807, 2.05) is 0 Å². The SMILES string of the molecule is CC(C(CCCCCCCC(=O)O)C(=O)O)P(C)(=O)O. The molecular weight excluding hydrogens is 283 g/mol. The summed E-state index contributed by atoms with van der Waals surface area (Å²) in [4.78, 5) is 30.9. The molecule has 0 saturated heterocycles. The third kappa shape index (κ3) is 8.33. The van der Waals surface area contributed by atoms with Crippen LogP contribution in [0.2, 0.25) is 0 Å². The Morgan fingerprint density at radius 1 is 1.05 bits per heavy atom. The Bertz CT molecular complexity index is 362. The van der Waals surface area contributed by atoms with E-state index in [1.54, 1.807) is 0 Å². The molecule has 6 nitrogen and oxygen atoms in total. The van der Waals surface area contributed by atoms with Crippen LogP contribution >= 0.6 is 7.37 Å². The van der Waals surface area contributed by atoms with Crippen LogP contribution in [0.25, 0.3) is 0 Å². The van der Waals surface area contributed by atoms with E-state index in [0.717, 1.165) is 19.3 Å². The summed E-state index contributed by atoms with van der Waals surface area (Å²) in [6.45, 7) is 2.70. The van der Waals surface area contributed by atoms with E-state index in [2.05, 4.69) is 0 Å². The zero-order chi connectivity index (χ0) is 15.8. The van der Waals surface area contributed by atoms with Crippen molar-refractivity contribution < 1.29 is 29.3 Å². The van der Waals surface area contributed by atoms with Gasteiger partial charge >= 0.3 is 11.9 Å². The predicted molar refractivity (Wildman–Crippen MR) is 76.3 cm³/mol. The van der Waals surface area contributed by atoms with E-state index < -0.39 is 30.9 Å². The maximum Gasteiger partial charge on any atom is 0.307 e. The Balaban J connectivity index is 3.97. The molecule has 0 aliphatic heterocycles. The first-order valence-corrected chi connectivity index (χ1v) is 9.08. The number of unbranched alkanes of at least 4 members (excludes halogenated alkanes) is 4. The topological polar surface area (TPSA) is 112 Å². The fourth-order valence-electron chi connectivity index (χ4n) is 2.08. The van der Waals surface area contributed by atoms with E-state index in [1.165, 1.54) is 13.6 Å². The Morgan fingerprint density at radius 2 is 1.55 bits per heavy atom. The third-order valence-corrected chi connectivity index (χ3v) is 5.43. The van der Waals surface area contributed by atoms with Crippen molar-refractivity contribution in [3.63, 3.8) is 0 Å². The molecule has 0 spiro atoms. The monoisotopic (exact) mass is 308 g/mol. The van der Waals surface area contributed by atoms with Gasteiger partial charge in [0, 0.05) is 18.7 Å². The van der Waals surface area contributed by atoms with E-state index in [4.69, 9.17) is 10.2 Å². The summed E-state index contributed by atoms with van der Waals surface area (Å²) in [5.41, 5.74) is -0.744. The number of hydrogen-bond donors (Lipinski definition) is 3. The van der Waals surface area contributed by atoms with Gasteiger partial charge in [0.05, 0.1) is 5.92 Å². The van der Waals surface area contributed by atoms with Gasteiger partial charge in [-0.05, 0) is 12.8 Å². The van der Waals surface area contributed by atoms with Crippen LogP contribution in [0.15, 0.2) is 0 Å². The molecular formula is C13H25O6P. The Hall–Kier alpha value is -0.870. The van der Waals surface area contributed by atoms with E-state index in [-0.39, 0.29) is 6.42 Å². The zero-order valence-electron chi connectivity index (χ0n) is 12.1. The van der Waals surface area contributed by atoms with E-state index >= 15 is 0 Å². The standard InChI is InChI=1S/C13H25O6P/c1-10(20(2,18)19)11(13(16)17)8-6-4-3-5-7-9-12(14)15/h10-11H,3-9H2,1-2H3,(H,14,15)(H,16,17)(H,18,19). The van der Waals surface area contributed by atoms with Gasteiger partial charge < -0.3 is 15.1 Å². The van der Waals surface area contributed by atoms with Crippen LogP contribution < -0.4 is 0 Å². The van der Waals surface area contributed by atoms with Crippen molar-refractivity contribution in [1.29, 1.82) is 0 Å². The van der Waals surface area contributed by atoms with Gasteiger partial charge in [0.1, 0.15) is 0 Å². The molecule has 118 valence electrons. The second-order valence-corrected chi connectivity index (χ2v) is 8.03. The van der Waals surface area contributed by atoms with Gasteiger partial charge in [0.2, 0.25) is 7.37 Å². The van der Waals surface area contributed by atoms with Crippen LogP contribution in [0.3, 0.4) is 0 Å². The number of carboxylic acid groups (broad SMARTS) is 2. The first kappa shape index (κ1) is 19.1. The maximum atomic E-state index is 11.5. The van der Waals surface area contributed by atoms with E-state index in [0.29, 0.717) is 19.3 Å². The molecule has 0 rings (SSSR count). The average Bonchev–Trinajstić information content (AvgIpc) is 2.29. The summed E-state index contributed by atoms with van der Waals surface area (Å²) in [5.74, 6) is -2.62. The highest BCUT2D eigenvalue weighted by molar-refractivity contribution is 7.57. The van der Waals surface area contributed by atoms with Gasteiger partial charge in [-0.25, -0.2) is 0 Å². The van der Waals surface area contributed by atoms with Crippen LogP contribution in [0.1, 0.15) is 51.9 Å². The lowest BCUT2D eigenvalue weighted by atomic mass is 9.97. The second-order valence-electron chi connectivity index (χ2n) is 5.33. The minimum Gasteiger partial charge on any atom is -0.481 e. The van der Waals surface area contributed by atoms with Gasteiger partial charge in [-0.15, -0.1) is 0 Å². The minimum absolute atomic E-state index is 0.165. The van der Waals surface area contributed by atoms with Gasteiger partial charge in [-0.3, -0.25) is 14.2 Å². The lowest BCUT2D eigenvalue weighted by Gasteiger charge is -2.22. The Labute approximate surface area is 119 Å². The van der Waals surface area contributed by atoms with Crippen molar-refractivity contribution in [3.05, 3.63) is 0 Å². The number of aliphatic carboxylic acids is 2. The number of rotatable bonds is 11. The molecule has 0 bridgehead atoms. The van der Waals surface area contributed by atoms with Crippen molar-refractivity contribution in [2.24, 2.45) is 5.92 Å². The summed E-state index contributed by atoms with van der Waals surface area (Å²) in [6.07, 6.45) is 4.34. The molecule has 0 aromatic rings. The first-order valence-electron chi connectivity index (χ1n) is 6.90. The van der Waals surface area contributed by atoms with Crippen molar-refractivity contribution in [2.75, 3.05) is 6.66 Å². The van der Waals surface area contributed by atoms with Crippen LogP contribution in [0.5, 0.6) is 0 Å². The Morgan fingerprint density at radius 3 is 2.00 bits per heavy atom. The molecule has 0 radical (unpaired) electrons. The highest BCUT2D eigenvalue weighted by Gasteiger charge is 2.33. The van der Waals surface area contributed by atoms with Gasteiger partial charge in [0.15, 0.2) is 0 Å². The van der Waals surface area contributed by atoms with Crippen LogP contribution in [-0.4, -0.2) is 39.4 Å². The van der Waals surface area contributed by atoms with Gasteiger partial charge in [-0.1, -0.05) is 32.6 Å². The normalized spacial score (nSPS) is 17.1. The molecule has 3 N–H and O–H groups in total. The molecule has 0 aliphatic rings. The van der Waals surface area contributed by atoms with Crippen molar-refractivity contribution in [3.8, 4) is 0 Å². The minimum atomic E-state index is -3.39. The number of carboxylic acids is 2. The van der Waals surface area contributed by atoms with Crippen LogP contribution in [0, 0.1) is 5.92 Å². The molecule has 0 aliphatic carbocycles. The molecule has 20 heavy (non-hydrogen) atoms. The average molecular weight is 308 g/mol. The maximum absolute atomic E-state index is 11.5. The van der Waals surface area contributed by atoms with Crippen molar-refractivity contribution in [1.82, 2.24) is 0 Å². The quantitative estimate of drug-likeness (QED) is 0.399. The fourth-order valence-corrected chi connectivity index (χ4v) is 3.02. The molecule has 0 heterocycles. The summed E-state index contributed by atoms with van der Waals surface area (Å²) >= 11 is 0. The lowest BCUT2D eigenvalue weighted by Crippen LogP contribution is -2.25. The lowest BCUT2D eigenvalue weighted by molar-refractivity contribution is -0.142. The zero-order valence-corrected chi connectivity index (χ0v) is 13.0.